The summed E-state index contributed by atoms with van der Waals surface area (Å²) in [6.07, 6.45) is 0. The number of benzene rings is 3. The standard InChI is InChI=1S/C17H14F2N2O2/c1-22-11-4-2-9-6-15(17(19)16(18)12(9)8-11)23-14-5-3-10(20)7-13(14)21/h2-8H,20-21H2,1H3. The van der Waals surface area contributed by atoms with E-state index in [0.717, 1.165) is 0 Å². The Morgan fingerprint density at radius 1 is 0.870 bits per heavy atom. The van der Waals surface area contributed by atoms with Gasteiger partial charge in [0.1, 0.15) is 5.75 Å². The first-order valence-corrected chi connectivity index (χ1v) is 6.78. The highest BCUT2D eigenvalue weighted by Gasteiger charge is 2.16. The maximum Gasteiger partial charge on any atom is 0.201 e. The lowest BCUT2D eigenvalue weighted by Crippen LogP contribution is -1.98. The first kappa shape index (κ1) is 14.9. The highest BCUT2D eigenvalue weighted by molar-refractivity contribution is 5.86. The van der Waals surface area contributed by atoms with Crippen molar-refractivity contribution in [1.82, 2.24) is 0 Å². The summed E-state index contributed by atoms with van der Waals surface area (Å²) in [5.74, 6) is -1.72. The van der Waals surface area contributed by atoms with E-state index < -0.39 is 11.6 Å². The van der Waals surface area contributed by atoms with Crippen molar-refractivity contribution in [1.29, 1.82) is 0 Å². The summed E-state index contributed by atoms with van der Waals surface area (Å²) < 4.78 is 39.0. The molecule has 4 N–H and O–H groups in total. The van der Waals surface area contributed by atoms with E-state index in [1.54, 1.807) is 18.2 Å². The molecule has 0 amide bonds. The fourth-order valence-corrected chi connectivity index (χ4v) is 2.26. The van der Waals surface area contributed by atoms with Crippen molar-refractivity contribution in [3.8, 4) is 17.2 Å². The van der Waals surface area contributed by atoms with E-state index in [9.17, 15) is 8.78 Å². The third kappa shape index (κ3) is 2.70. The van der Waals surface area contributed by atoms with Gasteiger partial charge in [-0.2, -0.15) is 4.39 Å². The van der Waals surface area contributed by atoms with Gasteiger partial charge in [-0.1, -0.05) is 6.07 Å². The molecule has 0 aromatic heterocycles. The van der Waals surface area contributed by atoms with Crippen LogP contribution >= 0.6 is 0 Å². The predicted octanol–water partition coefficient (Wildman–Crippen LogP) is 4.08. The van der Waals surface area contributed by atoms with Crippen LogP contribution in [0.1, 0.15) is 0 Å². The second kappa shape index (κ2) is 5.64. The lowest BCUT2D eigenvalue weighted by molar-refractivity contribution is 0.413. The summed E-state index contributed by atoms with van der Waals surface area (Å²) in [5.41, 5.74) is 12.1. The molecule has 0 unspecified atom stereocenters. The summed E-state index contributed by atoms with van der Waals surface area (Å²) in [7, 11) is 1.46. The van der Waals surface area contributed by atoms with Crippen molar-refractivity contribution in [2.75, 3.05) is 18.6 Å². The normalized spacial score (nSPS) is 10.7. The summed E-state index contributed by atoms with van der Waals surface area (Å²) in [6, 6.07) is 10.6. The first-order chi connectivity index (χ1) is 11.0. The van der Waals surface area contributed by atoms with Crippen LogP contribution in [0.15, 0.2) is 42.5 Å². The van der Waals surface area contributed by atoms with Gasteiger partial charge in [0.25, 0.3) is 0 Å². The van der Waals surface area contributed by atoms with Crippen molar-refractivity contribution in [3.63, 3.8) is 0 Å². The number of halogens is 2. The second-order valence-electron chi connectivity index (χ2n) is 4.99. The Kier molecular flexibility index (Phi) is 3.65. The maximum atomic E-state index is 14.3. The van der Waals surface area contributed by atoms with Crippen LogP contribution in [-0.4, -0.2) is 7.11 Å². The number of hydrogen-bond acceptors (Lipinski definition) is 4. The Labute approximate surface area is 131 Å². The van der Waals surface area contributed by atoms with Crippen LogP contribution in [0, 0.1) is 11.6 Å². The molecular formula is C17H14F2N2O2. The van der Waals surface area contributed by atoms with Crippen LogP contribution in [-0.2, 0) is 0 Å². The van der Waals surface area contributed by atoms with Crippen LogP contribution in [0.4, 0.5) is 20.2 Å². The van der Waals surface area contributed by atoms with Gasteiger partial charge >= 0.3 is 0 Å². The van der Waals surface area contributed by atoms with E-state index >= 15 is 0 Å². The molecule has 3 aromatic carbocycles. The minimum absolute atomic E-state index is 0.111. The Hall–Kier alpha value is -3.02. The molecule has 3 aromatic rings. The van der Waals surface area contributed by atoms with Gasteiger partial charge in [0.05, 0.1) is 12.8 Å². The number of methoxy groups -OCH3 is 1. The molecule has 0 spiro atoms. The zero-order valence-corrected chi connectivity index (χ0v) is 12.3. The average molecular weight is 316 g/mol. The molecule has 0 atom stereocenters. The molecular weight excluding hydrogens is 302 g/mol. The lowest BCUT2D eigenvalue weighted by atomic mass is 10.1. The molecule has 3 rings (SSSR count). The summed E-state index contributed by atoms with van der Waals surface area (Å²) >= 11 is 0. The molecule has 0 bridgehead atoms. The number of ether oxygens (including phenoxy) is 2. The molecule has 0 aliphatic heterocycles. The third-order valence-electron chi connectivity index (χ3n) is 3.45. The summed E-state index contributed by atoms with van der Waals surface area (Å²) in [6.45, 7) is 0. The SMILES string of the molecule is COc1ccc2cc(Oc3ccc(N)cc3N)c(F)c(F)c2c1. The van der Waals surface area contributed by atoms with Gasteiger partial charge in [-0.3, -0.25) is 0 Å². The number of rotatable bonds is 3. The molecule has 0 saturated heterocycles. The van der Waals surface area contributed by atoms with Crippen LogP contribution in [0.5, 0.6) is 17.2 Å². The second-order valence-corrected chi connectivity index (χ2v) is 4.99. The van der Waals surface area contributed by atoms with Crippen molar-refractivity contribution in [2.24, 2.45) is 0 Å². The number of hydrogen-bond donors (Lipinski definition) is 2. The van der Waals surface area contributed by atoms with Crippen LogP contribution < -0.4 is 20.9 Å². The fourth-order valence-electron chi connectivity index (χ4n) is 2.26. The molecule has 0 radical (unpaired) electrons. The van der Waals surface area contributed by atoms with Gasteiger partial charge in [0.2, 0.25) is 5.82 Å². The van der Waals surface area contributed by atoms with E-state index in [4.69, 9.17) is 20.9 Å². The molecule has 118 valence electrons. The van der Waals surface area contributed by atoms with E-state index in [0.29, 0.717) is 16.8 Å². The van der Waals surface area contributed by atoms with Gasteiger partial charge in [0.15, 0.2) is 17.3 Å². The number of fused-ring (bicyclic) bond motifs is 1. The Balaban J connectivity index is 2.09. The summed E-state index contributed by atoms with van der Waals surface area (Å²) in [4.78, 5) is 0. The first-order valence-electron chi connectivity index (χ1n) is 6.78. The number of nitrogens with two attached hydrogens (primary N) is 2. The zero-order chi connectivity index (χ0) is 16.6. The Morgan fingerprint density at radius 2 is 1.65 bits per heavy atom. The molecule has 0 aliphatic rings. The van der Waals surface area contributed by atoms with Crippen molar-refractivity contribution >= 4 is 22.1 Å². The van der Waals surface area contributed by atoms with Gasteiger partial charge in [-0.15, -0.1) is 0 Å². The van der Waals surface area contributed by atoms with Crippen LogP contribution in [0.25, 0.3) is 10.8 Å². The van der Waals surface area contributed by atoms with Gasteiger partial charge in [0, 0.05) is 11.1 Å². The molecule has 0 heterocycles. The lowest BCUT2D eigenvalue weighted by Gasteiger charge is -2.12. The fraction of sp³-hybridized carbons (Fsp3) is 0.0588. The van der Waals surface area contributed by atoms with Crippen molar-refractivity contribution in [3.05, 3.63) is 54.1 Å². The maximum absolute atomic E-state index is 14.3. The number of anilines is 2. The van der Waals surface area contributed by atoms with E-state index in [1.165, 1.54) is 31.4 Å². The Morgan fingerprint density at radius 3 is 2.35 bits per heavy atom. The monoisotopic (exact) mass is 316 g/mol. The van der Waals surface area contributed by atoms with Gasteiger partial charge in [-0.25, -0.2) is 4.39 Å². The van der Waals surface area contributed by atoms with E-state index in [-0.39, 0.29) is 22.6 Å². The third-order valence-corrected chi connectivity index (χ3v) is 3.45. The smallest absolute Gasteiger partial charge is 0.201 e. The average Bonchev–Trinajstić information content (AvgIpc) is 2.54. The highest BCUT2D eigenvalue weighted by atomic mass is 19.2. The molecule has 0 fully saturated rings. The largest absolute Gasteiger partial charge is 0.497 e. The van der Waals surface area contributed by atoms with Crippen molar-refractivity contribution < 1.29 is 18.3 Å². The predicted molar refractivity (Wildman–Crippen MR) is 85.8 cm³/mol. The number of nitrogen functional groups attached to an aromatic ring is 2. The molecule has 4 nitrogen and oxygen atoms in total. The molecule has 0 saturated carbocycles. The molecule has 0 aliphatic carbocycles. The molecule has 6 heteroatoms. The molecule has 23 heavy (non-hydrogen) atoms. The van der Waals surface area contributed by atoms with Gasteiger partial charge in [-0.05, 0) is 41.8 Å². The van der Waals surface area contributed by atoms with Crippen LogP contribution in [0.3, 0.4) is 0 Å². The van der Waals surface area contributed by atoms with E-state index in [2.05, 4.69) is 0 Å². The van der Waals surface area contributed by atoms with Gasteiger partial charge < -0.3 is 20.9 Å². The van der Waals surface area contributed by atoms with E-state index in [1.807, 2.05) is 0 Å². The zero-order valence-electron chi connectivity index (χ0n) is 12.3. The Bertz CT molecular complexity index is 897. The summed E-state index contributed by atoms with van der Waals surface area (Å²) in [5, 5.41) is 0.591. The highest BCUT2D eigenvalue weighted by Crippen LogP contribution is 2.35. The minimum Gasteiger partial charge on any atom is -0.497 e. The topological polar surface area (TPSA) is 70.5 Å². The minimum atomic E-state index is -1.10. The van der Waals surface area contributed by atoms with Crippen molar-refractivity contribution in [2.45, 2.75) is 0 Å². The quantitative estimate of drug-likeness (QED) is 0.714. The van der Waals surface area contributed by atoms with Crippen LogP contribution in [0.2, 0.25) is 0 Å².